The van der Waals surface area contributed by atoms with Gasteiger partial charge in [0, 0.05) is 24.4 Å². The first kappa shape index (κ1) is 22.8. The van der Waals surface area contributed by atoms with Gasteiger partial charge >= 0.3 is 12.1 Å². The van der Waals surface area contributed by atoms with E-state index >= 15 is 0 Å². The summed E-state index contributed by atoms with van der Waals surface area (Å²) in [6.45, 7) is 1.97. The highest BCUT2D eigenvalue weighted by molar-refractivity contribution is 5.80. The van der Waals surface area contributed by atoms with Gasteiger partial charge in [-0.25, -0.2) is 4.79 Å². The molecule has 2 amide bonds. The van der Waals surface area contributed by atoms with E-state index in [1.807, 2.05) is 24.3 Å². The Labute approximate surface area is 193 Å². The lowest BCUT2D eigenvalue weighted by atomic mass is 9.85. The molecule has 0 spiro atoms. The molecule has 0 aromatic heterocycles. The van der Waals surface area contributed by atoms with E-state index < -0.39 is 24.0 Å². The SMILES string of the molecule is C[C@H](CC(=O)N[C@@H]1CCC[C@H](C(=O)O)C1)NC(=O)OCC1c2ccccc2-c2ccccc21. The van der Waals surface area contributed by atoms with Crippen LogP contribution in [0.1, 0.15) is 56.1 Å². The zero-order valence-electron chi connectivity index (χ0n) is 18.8. The molecule has 2 aliphatic rings. The van der Waals surface area contributed by atoms with Crippen LogP contribution in [0.2, 0.25) is 0 Å². The molecular weight excluding hydrogens is 420 g/mol. The summed E-state index contributed by atoms with van der Waals surface area (Å²) >= 11 is 0. The number of fused-ring (bicyclic) bond motifs is 3. The van der Waals surface area contributed by atoms with Gasteiger partial charge in [-0.05, 0) is 48.4 Å². The van der Waals surface area contributed by atoms with Crippen molar-refractivity contribution in [2.24, 2.45) is 5.92 Å². The van der Waals surface area contributed by atoms with Crippen LogP contribution in [-0.4, -0.2) is 41.8 Å². The highest BCUT2D eigenvalue weighted by Gasteiger charge is 2.30. The van der Waals surface area contributed by atoms with Gasteiger partial charge in [0.15, 0.2) is 0 Å². The van der Waals surface area contributed by atoms with Crippen molar-refractivity contribution < 1.29 is 24.2 Å². The van der Waals surface area contributed by atoms with Gasteiger partial charge in [-0.2, -0.15) is 0 Å². The van der Waals surface area contributed by atoms with Crippen LogP contribution >= 0.6 is 0 Å². The molecule has 0 bridgehead atoms. The average molecular weight is 451 g/mol. The van der Waals surface area contributed by atoms with Gasteiger partial charge in [0.05, 0.1) is 5.92 Å². The monoisotopic (exact) mass is 450 g/mol. The first-order chi connectivity index (χ1) is 15.9. The minimum Gasteiger partial charge on any atom is -0.481 e. The molecule has 0 unspecified atom stereocenters. The normalized spacial score (nSPS) is 20.3. The van der Waals surface area contributed by atoms with E-state index in [0.717, 1.165) is 24.0 Å². The summed E-state index contributed by atoms with van der Waals surface area (Å²) < 4.78 is 5.54. The molecule has 2 aromatic rings. The number of hydrogen-bond acceptors (Lipinski definition) is 4. The van der Waals surface area contributed by atoms with Gasteiger partial charge in [-0.1, -0.05) is 55.0 Å². The third kappa shape index (κ3) is 5.35. The fraction of sp³-hybridized carbons (Fsp3) is 0.423. The molecule has 7 nitrogen and oxygen atoms in total. The van der Waals surface area contributed by atoms with E-state index in [1.54, 1.807) is 6.92 Å². The molecular formula is C26H30N2O5. The van der Waals surface area contributed by atoms with E-state index in [1.165, 1.54) is 11.1 Å². The summed E-state index contributed by atoms with van der Waals surface area (Å²) in [5, 5.41) is 14.8. The van der Waals surface area contributed by atoms with Crippen molar-refractivity contribution in [2.75, 3.05) is 6.61 Å². The number of alkyl carbamates (subject to hydrolysis) is 1. The Morgan fingerprint density at radius 3 is 2.30 bits per heavy atom. The zero-order chi connectivity index (χ0) is 23.4. The maximum absolute atomic E-state index is 12.4. The number of carbonyl (C=O) groups excluding carboxylic acids is 2. The Morgan fingerprint density at radius 1 is 1.03 bits per heavy atom. The van der Waals surface area contributed by atoms with Crippen LogP contribution < -0.4 is 10.6 Å². The second-order valence-electron chi connectivity index (χ2n) is 9.04. The van der Waals surface area contributed by atoms with Gasteiger partial charge < -0.3 is 20.5 Å². The minimum atomic E-state index is -0.806. The van der Waals surface area contributed by atoms with E-state index in [9.17, 15) is 19.5 Å². The largest absolute Gasteiger partial charge is 0.481 e. The lowest BCUT2D eigenvalue weighted by molar-refractivity contribution is -0.143. The standard InChI is InChI=1S/C26H30N2O5/c1-16(13-24(29)28-18-8-6-7-17(14-18)25(30)31)27-26(32)33-15-23-21-11-4-2-9-19(21)20-10-3-5-12-22(20)23/h2-5,9-12,16-18,23H,6-8,13-15H2,1H3,(H,27,32)(H,28,29)(H,30,31)/t16-,17+,18-/m1/s1. The molecule has 2 aliphatic carbocycles. The Kier molecular flexibility index (Phi) is 6.96. The number of ether oxygens (including phenoxy) is 1. The number of carbonyl (C=O) groups is 3. The predicted molar refractivity (Wildman–Crippen MR) is 124 cm³/mol. The quantitative estimate of drug-likeness (QED) is 0.590. The van der Waals surface area contributed by atoms with Crippen LogP contribution in [-0.2, 0) is 14.3 Å². The third-order valence-corrected chi connectivity index (χ3v) is 6.59. The summed E-state index contributed by atoms with van der Waals surface area (Å²) in [5.74, 6) is -1.42. The Hall–Kier alpha value is -3.35. The molecule has 0 aliphatic heterocycles. The van der Waals surface area contributed by atoms with Crippen molar-refractivity contribution in [1.29, 1.82) is 0 Å². The second-order valence-corrected chi connectivity index (χ2v) is 9.04. The summed E-state index contributed by atoms with van der Waals surface area (Å²) in [6, 6.07) is 15.8. The molecule has 1 saturated carbocycles. The average Bonchev–Trinajstić information content (AvgIpc) is 3.11. The molecule has 7 heteroatoms. The molecule has 0 radical (unpaired) electrons. The van der Waals surface area contributed by atoms with Crippen molar-refractivity contribution in [2.45, 2.75) is 57.0 Å². The van der Waals surface area contributed by atoms with E-state index in [2.05, 4.69) is 34.9 Å². The Balaban J connectivity index is 1.25. The van der Waals surface area contributed by atoms with Crippen molar-refractivity contribution in [3.63, 3.8) is 0 Å². The topological polar surface area (TPSA) is 105 Å². The number of hydrogen-bond donors (Lipinski definition) is 3. The Bertz CT molecular complexity index is 991. The second kappa shape index (κ2) is 10.1. The lowest BCUT2D eigenvalue weighted by Crippen LogP contribution is -2.43. The third-order valence-electron chi connectivity index (χ3n) is 6.59. The van der Waals surface area contributed by atoms with Gasteiger partial charge in [-0.15, -0.1) is 0 Å². The van der Waals surface area contributed by atoms with E-state index in [0.29, 0.717) is 12.8 Å². The van der Waals surface area contributed by atoms with E-state index in [-0.39, 0.29) is 30.9 Å². The van der Waals surface area contributed by atoms with E-state index in [4.69, 9.17) is 4.74 Å². The zero-order valence-corrected chi connectivity index (χ0v) is 18.8. The van der Waals surface area contributed by atoms with Crippen LogP contribution in [0.5, 0.6) is 0 Å². The number of amides is 2. The number of benzene rings is 2. The fourth-order valence-electron chi connectivity index (χ4n) is 5.00. The van der Waals surface area contributed by atoms with Crippen LogP contribution in [0.3, 0.4) is 0 Å². The number of nitrogens with one attached hydrogen (secondary N) is 2. The van der Waals surface area contributed by atoms with Crippen LogP contribution in [0.4, 0.5) is 4.79 Å². The molecule has 3 atom stereocenters. The minimum absolute atomic E-state index is 0.0183. The van der Waals surface area contributed by atoms with Gasteiger partial charge in [0.25, 0.3) is 0 Å². The molecule has 0 heterocycles. The van der Waals surface area contributed by atoms with Gasteiger partial charge in [-0.3, -0.25) is 9.59 Å². The lowest BCUT2D eigenvalue weighted by Gasteiger charge is -2.27. The summed E-state index contributed by atoms with van der Waals surface area (Å²) in [7, 11) is 0. The van der Waals surface area contributed by atoms with Crippen LogP contribution in [0, 0.1) is 5.92 Å². The highest BCUT2D eigenvalue weighted by Crippen LogP contribution is 2.44. The molecule has 0 saturated heterocycles. The molecule has 1 fully saturated rings. The smallest absolute Gasteiger partial charge is 0.407 e. The molecule has 2 aromatic carbocycles. The first-order valence-electron chi connectivity index (χ1n) is 11.6. The maximum atomic E-state index is 12.4. The van der Waals surface area contributed by atoms with Crippen molar-refractivity contribution >= 4 is 18.0 Å². The molecule has 33 heavy (non-hydrogen) atoms. The highest BCUT2D eigenvalue weighted by atomic mass is 16.5. The molecule has 4 rings (SSSR count). The first-order valence-corrected chi connectivity index (χ1v) is 11.6. The van der Waals surface area contributed by atoms with Crippen molar-refractivity contribution in [1.82, 2.24) is 10.6 Å². The maximum Gasteiger partial charge on any atom is 0.407 e. The van der Waals surface area contributed by atoms with Crippen LogP contribution in [0.15, 0.2) is 48.5 Å². The Morgan fingerprint density at radius 2 is 1.67 bits per heavy atom. The molecule has 174 valence electrons. The summed E-state index contributed by atoms with van der Waals surface area (Å²) in [4.78, 5) is 36.0. The number of carboxylic acids is 1. The summed E-state index contributed by atoms with van der Waals surface area (Å²) in [6.07, 6.45) is 2.23. The van der Waals surface area contributed by atoms with Crippen molar-refractivity contribution in [3.05, 3.63) is 59.7 Å². The van der Waals surface area contributed by atoms with Gasteiger partial charge in [0.2, 0.25) is 5.91 Å². The van der Waals surface area contributed by atoms with Crippen LogP contribution in [0.25, 0.3) is 11.1 Å². The van der Waals surface area contributed by atoms with Crippen molar-refractivity contribution in [3.8, 4) is 11.1 Å². The summed E-state index contributed by atoms with van der Waals surface area (Å²) in [5.41, 5.74) is 4.62. The fourth-order valence-corrected chi connectivity index (χ4v) is 5.00. The van der Waals surface area contributed by atoms with Gasteiger partial charge in [0.1, 0.15) is 6.61 Å². The predicted octanol–water partition coefficient (Wildman–Crippen LogP) is 4.06. The number of carboxylic acid groups (broad SMARTS) is 1. The molecule has 3 N–H and O–H groups in total. The number of rotatable bonds is 7. The number of aliphatic carboxylic acids is 1.